The number of rotatable bonds is 4. The molecule has 3 nitrogen and oxygen atoms in total. The number of ether oxygens (including phenoxy) is 1. The number of alkyl halides is 6. The Balaban J connectivity index is 4.59. The Kier molecular flexibility index (Phi) is 4.81. The van der Waals surface area contributed by atoms with Gasteiger partial charge in [-0.05, 0) is 12.8 Å². The van der Waals surface area contributed by atoms with Crippen molar-refractivity contribution >= 4 is 5.97 Å². The normalized spacial score (nSPS) is 13.6. The highest BCUT2D eigenvalue weighted by Gasteiger charge is 2.69. The maximum Gasteiger partial charge on any atom is 0.426 e. The van der Waals surface area contributed by atoms with Crippen molar-refractivity contribution < 1.29 is 41.0 Å². The maximum atomic E-state index is 12.1. The van der Waals surface area contributed by atoms with Gasteiger partial charge in [0.15, 0.2) is 0 Å². The Morgan fingerprint density at radius 2 is 1.53 bits per heavy atom. The molecule has 0 amide bonds. The molecular formula is C8H10F6O3. The number of carbonyl (C=O) groups is 1. The highest BCUT2D eigenvalue weighted by molar-refractivity contribution is 5.65. The van der Waals surface area contributed by atoms with Crippen LogP contribution in [0.3, 0.4) is 0 Å². The van der Waals surface area contributed by atoms with Crippen molar-refractivity contribution in [3.05, 3.63) is 0 Å². The molecule has 0 saturated heterocycles. The molecule has 0 saturated carbocycles. The topological polar surface area (TPSA) is 46.5 Å². The molecule has 0 atom stereocenters. The summed E-state index contributed by atoms with van der Waals surface area (Å²) in [6, 6.07) is 0. The number of hydrogen-bond donors (Lipinski definition) is 1. The number of hydrogen-bond acceptors (Lipinski definition) is 3. The number of halogens is 6. The zero-order valence-corrected chi connectivity index (χ0v) is 8.65. The fourth-order valence-corrected chi connectivity index (χ4v) is 0.988. The summed E-state index contributed by atoms with van der Waals surface area (Å²) in [5.41, 5.74) is -4.78. The predicted octanol–water partition coefficient (Wildman–Crippen LogP) is 2.19. The molecule has 0 aliphatic heterocycles. The van der Waals surface area contributed by atoms with E-state index in [1.54, 1.807) is 0 Å². The summed E-state index contributed by atoms with van der Waals surface area (Å²) in [7, 11) is 0. The van der Waals surface area contributed by atoms with Crippen LogP contribution in [-0.2, 0) is 9.53 Å². The van der Waals surface area contributed by atoms with Gasteiger partial charge in [0.05, 0.1) is 6.61 Å². The molecular weight excluding hydrogens is 258 g/mol. The molecule has 0 aromatic carbocycles. The number of esters is 1. The van der Waals surface area contributed by atoms with Gasteiger partial charge in [0, 0.05) is 6.92 Å². The summed E-state index contributed by atoms with van der Waals surface area (Å²) in [4.78, 5) is 10.2. The van der Waals surface area contributed by atoms with Gasteiger partial charge in [-0.1, -0.05) is 0 Å². The van der Waals surface area contributed by atoms with Crippen molar-refractivity contribution in [2.75, 3.05) is 6.61 Å². The Bertz CT molecular complexity index is 255. The van der Waals surface area contributed by atoms with Crippen LogP contribution < -0.4 is 0 Å². The summed E-state index contributed by atoms with van der Waals surface area (Å²) in [5, 5.41) is 8.66. The van der Waals surface area contributed by atoms with Gasteiger partial charge in [-0.2, -0.15) is 26.3 Å². The molecule has 102 valence electrons. The SMILES string of the molecule is CC(=O)OCCCC(O)(C(F)(F)F)C(F)(F)F. The van der Waals surface area contributed by atoms with Crippen LogP contribution in [0.25, 0.3) is 0 Å². The molecule has 0 aliphatic rings. The molecule has 0 rings (SSSR count). The van der Waals surface area contributed by atoms with Crippen LogP contribution in [0, 0.1) is 0 Å². The van der Waals surface area contributed by atoms with Gasteiger partial charge in [0.25, 0.3) is 5.60 Å². The molecule has 0 spiro atoms. The second kappa shape index (κ2) is 5.11. The molecule has 0 aromatic rings. The molecule has 0 aromatic heterocycles. The minimum Gasteiger partial charge on any atom is -0.466 e. The molecule has 0 unspecified atom stereocenters. The van der Waals surface area contributed by atoms with E-state index < -0.39 is 43.4 Å². The van der Waals surface area contributed by atoms with Gasteiger partial charge in [-0.15, -0.1) is 0 Å². The lowest BCUT2D eigenvalue weighted by Gasteiger charge is -2.32. The van der Waals surface area contributed by atoms with Gasteiger partial charge in [-0.25, -0.2) is 0 Å². The van der Waals surface area contributed by atoms with E-state index in [-0.39, 0.29) is 0 Å². The number of aliphatic hydroxyl groups is 1. The molecule has 0 bridgehead atoms. The van der Waals surface area contributed by atoms with Gasteiger partial charge in [-0.3, -0.25) is 4.79 Å². The fourth-order valence-electron chi connectivity index (χ4n) is 0.988. The largest absolute Gasteiger partial charge is 0.466 e. The average molecular weight is 268 g/mol. The molecule has 1 N–H and O–H groups in total. The van der Waals surface area contributed by atoms with Crippen LogP contribution in [0.4, 0.5) is 26.3 Å². The third-order valence-corrected chi connectivity index (χ3v) is 1.93. The first kappa shape index (κ1) is 16.0. The smallest absolute Gasteiger partial charge is 0.426 e. The van der Waals surface area contributed by atoms with Gasteiger partial charge < -0.3 is 9.84 Å². The van der Waals surface area contributed by atoms with E-state index in [4.69, 9.17) is 5.11 Å². The lowest BCUT2D eigenvalue weighted by Crippen LogP contribution is -2.56. The third-order valence-electron chi connectivity index (χ3n) is 1.93. The van der Waals surface area contributed by atoms with Crippen LogP contribution >= 0.6 is 0 Å². The summed E-state index contributed by atoms with van der Waals surface area (Å²) in [6.45, 7) is 0.337. The summed E-state index contributed by atoms with van der Waals surface area (Å²) >= 11 is 0. The molecule has 9 heteroatoms. The van der Waals surface area contributed by atoms with Crippen LogP contribution in [0.15, 0.2) is 0 Å². The highest BCUT2D eigenvalue weighted by atomic mass is 19.4. The standard InChI is InChI=1S/C8H10F6O3/c1-5(15)17-4-2-3-6(16,7(9,10)11)8(12,13)14/h16H,2-4H2,1H3. The van der Waals surface area contributed by atoms with Crippen LogP contribution in [0.2, 0.25) is 0 Å². The minimum absolute atomic E-state index is 0.621. The van der Waals surface area contributed by atoms with Gasteiger partial charge in [0.1, 0.15) is 0 Å². The van der Waals surface area contributed by atoms with E-state index in [0.717, 1.165) is 6.92 Å². The monoisotopic (exact) mass is 268 g/mol. The summed E-state index contributed by atoms with van der Waals surface area (Å²) in [6.07, 6.45) is -14.0. The molecule has 0 radical (unpaired) electrons. The zero-order chi connectivity index (χ0) is 13.9. The first-order chi connectivity index (χ1) is 7.42. The Morgan fingerprint density at radius 3 is 1.82 bits per heavy atom. The van der Waals surface area contributed by atoms with E-state index in [9.17, 15) is 31.1 Å². The van der Waals surface area contributed by atoms with Gasteiger partial charge >= 0.3 is 18.3 Å². The first-order valence-electron chi connectivity index (χ1n) is 4.41. The lowest BCUT2D eigenvalue weighted by atomic mass is 9.96. The molecule has 17 heavy (non-hydrogen) atoms. The van der Waals surface area contributed by atoms with E-state index in [1.165, 1.54) is 0 Å². The quantitative estimate of drug-likeness (QED) is 0.483. The van der Waals surface area contributed by atoms with Crippen LogP contribution in [0.1, 0.15) is 19.8 Å². The molecule has 0 aliphatic carbocycles. The van der Waals surface area contributed by atoms with Crippen LogP contribution in [-0.4, -0.2) is 35.6 Å². The Morgan fingerprint density at radius 1 is 1.12 bits per heavy atom. The predicted molar refractivity (Wildman–Crippen MR) is 42.9 cm³/mol. The second-order valence-electron chi connectivity index (χ2n) is 3.30. The van der Waals surface area contributed by atoms with Crippen molar-refractivity contribution in [3.63, 3.8) is 0 Å². The van der Waals surface area contributed by atoms with E-state index >= 15 is 0 Å². The molecule has 0 heterocycles. The highest BCUT2D eigenvalue weighted by Crippen LogP contribution is 2.45. The van der Waals surface area contributed by atoms with Crippen molar-refractivity contribution in [2.24, 2.45) is 0 Å². The van der Waals surface area contributed by atoms with Crippen molar-refractivity contribution in [2.45, 2.75) is 37.7 Å². The van der Waals surface area contributed by atoms with E-state index in [2.05, 4.69) is 4.74 Å². The van der Waals surface area contributed by atoms with Crippen LogP contribution in [0.5, 0.6) is 0 Å². The third kappa shape index (κ3) is 4.06. The zero-order valence-electron chi connectivity index (χ0n) is 8.65. The summed E-state index contributed by atoms with van der Waals surface area (Å²) in [5.74, 6) is -0.826. The van der Waals surface area contributed by atoms with E-state index in [0.29, 0.717) is 0 Å². The van der Waals surface area contributed by atoms with Crippen molar-refractivity contribution in [1.29, 1.82) is 0 Å². The average Bonchev–Trinajstić information content (AvgIpc) is 2.07. The van der Waals surface area contributed by atoms with Crippen molar-refractivity contribution in [1.82, 2.24) is 0 Å². The lowest BCUT2D eigenvalue weighted by molar-refractivity contribution is -0.370. The van der Waals surface area contributed by atoms with Crippen molar-refractivity contribution in [3.8, 4) is 0 Å². The Hall–Kier alpha value is -0.990. The fraction of sp³-hybridized carbons (Fsp3) is 0.875. The van der Waals surface area contributed by atoms with E-state index in [1.807, 2.05) is 0 Å². The Labute approximate surface area is 92.4 Å². The number of carbonyl (C=O) groups excluding carboxylic acids is 1. The first-order valence-corrected chi connectivity index (χ1v) is 4.41. The minimum atomic E-state index is -5.83. The van der Waals surface area contributed by atoms with Gasteiger partial charge in [0.2, 0.25) is 0 Å². The molecule has 0 fully saturated rings. The maximum absolute atomic E-state index is 12.1. The second-order valence-corrected chi connectivity index (χ2v) is 3.30. The summed E-state index contributed by atoms with van der Waals surface area (Å²) < 4.78 is 76.8.